The van der Waals surface area contributed by atoms with Crippen molar-refractivity contribution >= 4 is 6.09 Å². The summed E-state index contributed by atoms with van der Waals surface area (Å²) in [7, 11) is 0. The molecule has 0 bridgehead atoms. The zero-order valence-corrected chi connectivity index (χ0v) is 10.7. The molecule has 0 radical (unpaired) electrons. The molecule has 0 saturated heterocycles. The van der Waals surface area contributed by atoms with E-state index in [1.54, 1.807) is 12.4 Å². The molecule has 1 rings (SSSR count). The van der Waals surface area contributed by atoms with E-state index in [2.05, 4.69) is 15.8 Å². The van der Waals surface area contributed by atoms with Gasteiger partial charge in [-0.15, -0.1) is 0 Å². The number of nitrogens with one attached hydrogen (secondary N) is 2. The fourth-order valence-corrected chi connectivity index (χ4v) is 1.22. The molecule has 0 fully saturated rings. The molecule has 0 aliphatic heterocycles. The Balaban J connectivity index is 2.34. The number of carbonyl (C=O) groups excluding carboxylic acids is 1. The van der Waals surface area contributed by atoms with Crippen molar-refractivity contribution in [1.29, 1.82) is 0 Å². The Kier molecular flexibility index (Phi) is 4.45. The maximum atomic E-state index is 11.3. The highest BCUT2D eigenvalue weighted by atomic mass is 16.6. The molecule has 0 spiro atoms. The first kappa shape index (κ1) is 13.4. The molecule has 2 N–H and O–H groups in total. The van der Waals surface area contributed by atoms with E-state index >= 15 is 0 Å². The van der Waals surface area contributed by atoms with E-state index in [1.807, 2.05) is 33.8 Å². The molecule has 0 atom stereocenters. The lowest BCUT2D eigenvalue weighted by Gasteiger charge is -2.19. The van der Waals surface area contributed by atoms with Crippen LogP contribution in [0.3, 0.4) is 0 Å². The summed E-state index contributed by atoms with van der Waals surface area (Å²) in [6.07, 6.45) is 3.02. The molecule has 0 unspecified atom stereocenters. The number of hydrazine groups is 1. The third-order valence-corrected chi connectivity index (χ3v) is 2.00. The highest BCUT2D eigenvalue weighted by Gasteiger charge is 2.15. The second kappa shape index (κ2) is 5.63. The van der Waals surface area contributed by atoms with Crippen molar-refractivity contribution in [3.63, 3.8) is 0 Å². The first-order valence-corrected chi connectivity index (χ1v) is 5.50. The van der Waals surface area contributed by atoms with E-state index in [0.717, 1.165) is 11.1 Å². The first-order chi connectivity index (χ1) is 7.88. The van der Waals surface area contributed by atoms with E-state index in [1.165, 1.54) is 0 Å². The van der Waals surface area contributed by atoms with Crippen molar-refractivity contribution in [2.45, 2.75) is 39.8 Å². The van der Waals surface area contributed by atoms with E-state index in [0.29, 0.717) is 6.54 Å². The fourth-order valence-electron chi connectivity index (χ4n) is 1.22. The summed E-state index contributed by atoms with van der Waals surface area (Å²) in [5.74, 6) is 0. The molecular weight excluding hydrogens is 218 g/mol. The Hall–Kier alpha value is -1.62. The third kappa shape index (κ3) is 5.31. The van der Waals surface area contributed by atoms with Crippen LogP contribution in [-0.2, 0) is 11.3 Å². The largest absolute Gasteiger partial charge is 0.443 e. The van der Waals surface area contributed by atoms with E-state index in [9.17, 15) is 4.79 Å². The number of pyridine rings is 1. The van der Waals surface area contributed by atoms with Crippen LogP contribution < -0.4 is 10.9 Å². The maximum Gasteiger partial charge on any atom is 0.422 e. The van der Waals surface area contributed by atoms with E-state index in [-0.39, 0.29) is 0 Å². The summed E-state index contributed by atoms with van der Waals surface area (Å²) in [6, 6.07) is 1.90. The van der Waals surface area contributed by atoms with Gasteiger partial charge in [0.05, 0.1) is 0 Å². The van der Waals surface area contributed by atoms with Gasteiger partial charge in [0.15, 0.2) is 0 Å². The SMILES string of the molecule is Cc1cnccc1CNNC(=O)OC(C)(C)C. The Morgan fingerprint density at radius 2 is 2.18 bits per heavy atom. The summed E-state index contributed by atoms with van der Waals surface area (Å²) in [6.45, 7) is 7.96. The lowest BCUT2D eigenvalue weighted by molar-refractivity contribution is 0.0497. The number of aryl methyl sites for hydroxylation is 1. The minimum Gasteiger partial charge on any atom is -0.443 e. The van der Waals surface area contributed by atoms with E-state index in [4.69, 9.17) is 4.74 Å². The van der Waals surface area contributed by atoms with Crippen LogP contribution in [0.15, 0.2) is 18.5 Å². The van der Waals surface area contributed by atoms with Gasteiger partial charge in [0.2, 0.25) is 0 Å². The summed E-state index contributed by atoms with van der Waals surface area (Å²) in [5.41, 5.74) is 6.96. The monoisotopic (exact) mass is 237 g/mol. The topological polar surface area (TPSA) is 63.2 Å². The highest BCUT2D eigenvalue weighted by Crippen LogP contribution is 2.06. The molecule has 1 amide bonds. The van der Waals surface area contributed by atoms with Crippen LogP contribution >= 0.6 is 0 Å². The molecule has 5 heteroatoms. The van der Waals surface area contributed by atoms with Gasteiger partial charge < -0.3 is 4.74 Å². The number of hydrogen-bond donors (Lipinski definition) is 2. The number of rotatable bonds is 3. The normalized spacial score (nSPS) is 11.1. The van der Waals surface area contributed by atoms with Gasteiger partial charge in [-0.05, 0) is 44.9 Å². The molecule has 0 aliphatic carbocycles. The van der Waals surface area contributed by atoms with Crippen LogP contribution in [0, 0.1) is 6.92 Å². The number of amides is 1. The van der Waals surface area contributed by atoms with Gasteiger partial charge in [-0.2, -0.15) is 0 Å². The first-order valence-electron chi connectivity index (χ1n) is 5.50. The molecular formula is C12H19N3O2. The summed E-state index contributed by atoms with van der Waals surface area (Å²) >= 11 is 0. The van der Waals surface area contributed by atoms with Crippen LogP contribution in [0.4, 0.5) is 4.79 Å². The van der Waals surface area contributed by atoms with E-state index < -0.39 is 11.7 Å². The van der Waals surface area contributed by atoms with Crippen LogP contribution in [0.2, 0.25) is 0 Å². The standard InChI is InChI=1S/C12H19N3O2/c1-9-7-13-6-5-10(9)8-14-15-11(16)17-12(2,3)4/h5-7,14H,8H2,1-4H3,(H,15,16). The molecule has 94 valence electrons. The summed E-state index contributed by atoms with van der Waals surface area (Å²) < 4.78 is 5.08. The Morgan fingerprint density at radius 3 is 2.76 bits per heavy atom. The molecule has 0 aromatic carbocycles. The van der Waals surface area contributed by atoms with Gasteiger partial charge in [0.1, 0.15) is 5.60 Å². The highest BCUT2D eigenvalue weighted by molar-refractivity contribution is 5.66. The Morgan fingerprint density at radius 1 is 1.47 bits per heavy atom. The van der Waals surface area contributed by atoms with Gasteiger partial charge in [0.25, 0.3) is 0 Å². The van der Waals surface area contributed by atoms with Gasteiger partial charge in [-0.1, -0.05) is 0 Å². The second-order valence-corrected chi connectivity index (χ2v) is 4.78. The molecule has 5 nitrogen and oxygen atoms in total. The lowest BCUT2D eigenvalue weighted by Crippen LogP contribution is -2.40. The average Bonchev–Trinajstić information content (AvgIpc) is 2.18. The van der Waals surface area contributed by atoms with Crippen LogP contribution in [-0.4, -0.2) is 16.7 Å². The molecule has 1 heterocycles. The number of carbonyl (C=O) groups is 1. The summed E-state index contributed by atoms with van der Waals surface area (Å²) in [4.78, 5) is 15.3. The predicted octanol–water partition coefficient (Wildman–Crippen LogP) is 1.92. The molecule has 1 aromatic rings. The molecule has 1 aromatic heterocycles. The van der Waals surface area contributed by atoms with Gasteiger partial charge in [0, 0.05) is 18.9 Å². The molecule has 0 saturated carbocycles. The second-order valence-electron chi connectivity index (χ2n) is 4.78. The van der Waals surface area contributed by atoms with Crippen molar-refractivity contribution < 1.29 is 9.53 Å². The number of nitrogens with zero attached hydrogens (tertiary/aromatic N) is 1. The molecule has 0 aliphatic rings. The maximum absolute atomic E-state index is 11.3. The number of aromatic nitrogens is 1. The average molecular weight is 237 g/mol. The minimum absolute atomic E-state index is 0.482. The van der Waals surface area contributed by atoms with Crippen molar-refractivity contribution in [2.24, 2.45) is 0 Å². The van der Waals surface area contributed by atoms with Gasteiger partial charge in [-0.25, -0.2) is 10.2 Å². The number of ether oxygens (including phenoxy) is 1. The van der Waals surface area contributed by atoms with Crippen molar-refractivity contribution in [3.05, 3.63) is 29.6 Å². The van der Waals surface area contributed by atoms with Crippen molar-refractivity contribution in [2.75, 3.05) is 0 Å². The van der Waals surface area contributed by atoms with Crippen molar-refractivity contribution in [1.82, 2.24) is 15.8 Å². The zero-order valence-electron chi connectivity index (χ0n) is 10.7. The minimum atomic E-state index is -0.488. The number of hydrogen-bond acceptors (Lipinski definition) is 4. The van der Waals surface area contributed by atoms with Crippen LogP contribution in [0.5, 0.6) is 0 Å². The predicted molar refractivity (Wildman–Crippen MR) is 65.2 cm³/mol. The van der Waals surface area contributed by atoms with Gasteiger partial charge >= 0.3 is 6.09 Å². The Bertz CT molecular complexity index is 386. The molecule has 17 heavy (non-hydrogen) atoms. The van der Waals surface area contributed by atoms with Gasteiger partial charge in [-0.3, -0.25) is 10.4 Å². The summed E-state index contributed by atoms with van der Waals surface area (Å²) in [5, 5.41) is 0. The zero-order chi connectivity index (χ0) is 12.9. The Labute approximate surface area is 102 Å². The third-order valence-electron chi connectivity index (χ3n) is 2.00. The quantitative estimate of drug-likeness (QED) is 0.788. The smallest absolute Gasteiger partial charge is 0.422 e. The van der Waals surface area contributed by atoms with Crippen molar-refractivity contribution in [3.8, 4) is 0 Å². The fraction of sp³-hybridized carbons (Fsp3) is 0.500. The van der Waals surface area contributed by atoms with Crippen LogP contribution in [0.1, 0.15) is 31.9 Å². The lowest BCUT2D eigenvalue weighted by atomic mass is 10.2. The van der Waals surface area contributed by atoms with Crippen LogP contribution in [0.25, 0.3) is 0 Å².